The van der Waals surface area contributed by atoms with E-state index in [0.29, 0.717) is 25.9 Å². The summed E-state index contributed by atoms with van der Waals surface area (Å²) in [4.78, 5) is 24.5. The summed E-state index contributed by atoms with van der Waals surface area (Å²) in [7, 11) is 0. The van der Waals surface area contributed by atoms with Crippen LogP contribution in [0.15, 0.2) is 0 Å². The van der Waals surface area contributed by atoms with Gasteiger partial charge in [0, 0.05) is 12.8 Å². The Morgan fingerprint density at radius 3 is 0.847 bits per heavy atom. The van der Waals surface area contributed by atoms with Crippen LogP contribution < -0.4 is 5.32 Å². The van der Waals surface area contributed by atoms with Gasteiger partial charge in [-0.05, 0) is 25.7 Å². The monoisotopic (exact) mass is 1020 g/mol. The van der Waals surface area contributed by atoms with Crippen LogP contribution in [-0.2, 0) is 14.3 Å². The Labute approximate surface area is 451 Å². The van der Waals surface area contributed by atoms with E-state index in [2.05, 4.69) is 19.2 Å². The third-order valence-electron chi connectivity index (χ3n) is 15.9. The number of carbonyl (C=O) groups excluding carboxylic acids is 2. The predicted octanol–water partition coefficient (Wildman–Crippen LogP) is 21.0. The van der Waals surface area contributed by atoms with E-state index in [1.165, 1.54) is 315 Å². The number of aliphatic hydroxyl groups excluding tert-OH is 2. The normalized spacial score (nSPS) is 12.4. The lowest BCUT2D eigenvalue weighted by Crippen LogP contribution is -2.45. The van der Waals surface area contributed by atoms with Crippen LogP contribution in [0.3, 0.4) is 0 Å². The van der Waals surface area contributed by atoms with Gasteiger partial charge >= 0.3 is 5.97 Å². The van der Waals surface area contributed by atoms with Crippen molar-refractivity contribution in [3.63, 3.8) is 0 Å². The summed E-state index contributed by atoms with van der Waals surface area (Å²) in [6, 6.07) is -0.535. The summed E-state index contributed by atoms with van der Waals surface area (Å²) in [5, 5.41) is 23.2. The summed E-state index contributed by atoms with van der Waals surface area (Å²) in [6.07, 6.45) is 74.4. The fourth-order valence-electron chi connectivity index (χ4n) is 10.8. The van der Waals surface area contributed by atoms with E-state index >= 15 is 0 Å². The van der Waals surface area contributed by atoms with Crippen molar-refractivity contribution < 1.29 is 24.5 Å². The Hall–Kier alpha value is -1.14. The van der Waals surface area contributed by atoms with Crippen molar-refractivity contribution in [3.05, 3.63) is 0 Å². The minimum Gasteiger partial charge on any atom is -0.466 e. The van der Waals surface area contributed by atoms with Crippen molar-refractivity contribution in [1.82, 2.24) is 5.32 Å². The topological polar surface area (TPSA) is 95.9 Å². The molecule has 0 aliphatic rings. The molecule has 0 saturated heterocycles. The molecule has 0 saturated carbocycles. The second-order valence-corrected chi connectivity index (χ2v) is 23.2. The zero-order valence-electron chi connectivity index (χ0n) is 49.2. The van der Waals surface area contributed by atoms with Gasteiger partial charge in [0.1, 0.15) is 0 Å². The van der Waals surface area contributed by atoms with Gasteiger partial charge in [-0.2, -0.15) is 0 Å². The molecule has 0 radical (unpaired) electrons. The van der Waals surface area contributed by atoms with E-state index in [-0.39, 0.29) is 18.5 Å². The van der Waals surface area contributed by atoms with Crippen molar-refractivity contribution in [2.45, 2.75) is 398 Å². The molecule has 6 heteroatoms. The Bertz CT molecular complexity index is 1040. The molecule has 0 heterocycles. The van der Waals surface area contributed by atoms with Gasteiger partial charge in [-0.25, -0.2) is 0 Å². The molecule has 3 N–H and O–H groups in total. The maximum atomic E-state index is 12.5. The molecule has 0 spiro atoms. The van der Waals surface area contributed by atoms with Crippen LogP contribution in [0.1, 0.15) is 386 Å². The van der Waals surface area contributed by atoms with Crippen LogP contribution in [0.2, 0.25) is 0 Å². The molecule has 0 rings (SSSR count). The summed E-state index contributed by atoms with van der Waals surface area (Å²) in [5.74, 6) is -0.00634. The van der Waals surface area contributed by atoms with Gasteiger partial charge in [-0.1, -0.05) is 348 Å². The zero-order valence-corrected chi connectivity index (χ0v) is 49.2. The van der Waals surface area contributed by atoms with Gasteiger partial charge in [0.05, 0.1) is 25.4 Å². The first-order valence-electron chi connectivity index (χ1n) is 33.3. The number of rotatable bonds is 63. The van der Waals surface area contributed by atoms with E-state index in [1.807, 2.05) is 0 Å². The minimum absolute atomic E-state index is 0.0227. The van der Waals surface area contributed by atoms with Gasteiger partial charge < -0.3 is 20.3 Å². The van der Waals surface area contributed by atoms with Crippen LogP contribution in [0, 0.1) is 0 Å². The van der Waals surface area contributed by atoms with Gasteiger partial charge in [0.25, 0.3) is 0 Å². The van der Waals surface area contributed by atoms with Gasteiger partial charge in [-0.3, -0.25) is 9.59 Å². The smallest absolute Gasteiger partial charge is 0.305 e. The molecule has 0 aromatic carbocycles. The minimum atomic E-state index is -0.658. The molecule has 6 nitrogen and oxygen atoms in total. The molecule has 0 fully saturated rings. The molecule has 1 amide bonds. The number of esters is 1. The summed E-state index contributed by atoms with van der Waals surface area (Å²) in [6.45, 7) is 4.98. The quantitative estimate of drug-likeness (QED) is 0.0417. The van der Waals surface area contributed by atoms with E-state index < -0.39 is 12.1 Å². The first-order valence-corrected chi connectivity index (χ1v) is 33.3. The van der Waals surface area contributed by atoms with Gasteiger partial charge in [0.2, 0.25) is 5.91 Å². The Balaban J connectivity index is 3.28. The van der Waals surface area contributed by atoms with E-state index in [4.69, 9.17) is 4.74 Å². The molecule has 2 atom stereocenters. The maximum absolute atomic E-state index is 12.5. The van der Waals surface area contributed by atoms with E-state index in [1.54, 1.807) is 0 Å². The maximum Gasteiger partial charge on any atom is 0.305 e. The SMILES string of the molecule is CCCCCCCCCCCCCCC(=O)OCCCCCCCCCCCCCCCCCCCCCCCCCCCCCCCCCCC(=O)NC(CO)C(O)CCCCCCCCCCCCC. The highest BCUT2D eigenvalue weighted by molar-refractivity contribution is 5.76. The van der Waals surface area contributed by atoms with Crippen LogP contribution >= 0.6 is 0 Å². The number of hydrogen-bond donors (Lipinski definition) is 3. The molecular weight excluding hydrogens is 887 g/mol. The van der Waals surface area contributed by atoms with Crippen LogP contribution in [0.25, 0.3) is 0 Å². The third kappa shape index (κ3) is 58.1. The second kappa shape index (κ2) is 62.4. The molecule has 0 aliphatic carbocycles. The molecule has 2 unspecified atom stereocenters. The number of ether oxygens (including phenoxy) is 1. The van der Waals surface area contributed by atoms with E-state index in [0.717, 1.165) is 38.5 Å². The number of amides is 1. The first-order chi connectivity index (χ1) is 35.5. The average molecular weight is 1020 g/mol. The standard InChI is InChI=1S/C66H131NO5/c1-3-5-7-9-11-13-15-40-44-48-52-56-60-66(71)72-61-57-53-49-45-41-37-35-33-31-29-27-25-23-21-19-17-16-18-20-22-24-26-28-30-32-34-36-39-43-47-51-55-59-65(70)67-63(62-68)64(69)58-54-50-46-42-38-14-12-10-8-6-4-2/h63-64,68-69H,3-62H2,1-2H3,(H,67,70). The van der Waals surface area contributed by atoms with Crippen molar-refractivity contribution in [2.24, 2.45) is 0 Å². The number of unbranched alkanes of at least 4 members (excludes halogenated alkanes) is 52. The zero-order chi connectivity index (χ0) is 52.2. The lowest BCUT2D eigenvalue weighted by atomic mass is 10.0. The number of nitrogens with one attached hydrogen (secondary N) is 1. The van der Waals surface area contributed by atoms with Crippen LogP contribution in [-0.4, -0.2) is 47.4 Å². The summed E-state index contributed by atoms with van der Waals surface area (Å²) < 4.78 is 5.48. The van der Waals surface area contributed by atoms with Crippen molar-refractivity contribution in [2.75, 3.05) is 13.2 Å². The van der Waals surface area contributed by atoms with Crippen LogP contribution in [0.4, 0.5) is 0 Å². The lowest BCUT2D eigenvalue weighted by Gasteiger charge is -2.22. The first kappa shape index (κ1) is 70.9. The van der Waals surface area contributed by atoms with Crippen molar-refractivity contribution in [3.8, 4) is 0 Å². The van der Waals surface area contributed by atoms with Crippen molar-refractivity contribution in [1.29, 1.82) is 0 Å². The molecule has 0 aliphatic heterocycles. The highest BCUT2D eigenvalue weighted by atomic mass is 16.5. The lowest BCUT2D eigenvalue weighted by molar-refractivity contribution is -0.143. The fourth-order valence-corrected chi connectivity index (χ4v) is 10.8. The largest absolute Gasteiger partial charge is 0.466 e. The molecule has 0 aromatic rings. The van der Waals surface area contributed by atoms with Crippen molar-refractivity contribution >= 4 is 11.9 Å². The average Bonchev–Trinajstić information content (AvgIpc) is 3.38. The number of hydrogen-bond acceptors (Lipinski definition) is 5. The Kier molecular flexibility index (Phi) is 61.4. The number of aliphatic hydroxyl groups is 2. The fraction of sp³-hybridized carbons (Fsp3) is 0.970. The number of carbonyl (C=O) groups is 2. The second-order valence-electron chi connectivity index (χ2n) is 23.2. The molecule has 0 bridgehead atoms. The predicted molar refractivity (Wildman–Crippen MR) is 315 cm³/mol. The highest BCUT2D eigenvalue weighted by Gasteiger charge is 2.20. The Morgan fingerprint density at radius 1 is 0.333 bits per heavy atom. The third-order valence-corrected chi connectivity index (χ3v) is 15.9. The highest BCUT2D eigenvalue weighted by Crippen LogP contribution is 2.19. The summed E-state index contributed by atoms with van der Waals surface area (Å²) >= 11 is 0. The molecule has 0 aromatic heterocycles. The van der Waals surface area contributed by atoms with Crippen LogP contribution in [0.5, 0.6) is 0 Å². The van der Waals surface area contributed by atoms with Gasteiger partial charge in [-0.15, -0.1) is 0 Å². The Morgan fingerprint density at radius 2 is 0.569 bits per heavy atom. The molecule has 430 valence electrons. The molecule has 72 heavy (non-hydrogen) atoms. The van der Waals surface area contributed by atoms with E-state index in [9.17, 15) is 19.8 Å². The van der Waals surface area contributed by atoms with Gasteiger partial charge in [0.15, 0.2) is 0 Å². The molecular formula is C66H131NO5. The summed E-state index contributed by atoms with van der Waals surface area (Å²) in [5.41, 5.74) is 0.